The van der Waals surface area contributed by atoms with Crippen molar-refractivity contribution in [2.24, 2.45) is 17.8 Å². The fourth-order valence-corrected chi connectivity index (χ4v) is 5.95. The number of methoxy groups -OCH3 is 1. The molecular weight excluding hydrogens is 521 g/mol. The normalized spacial score (nSPS) is 22.2. The van der Waals surface area contributed by atoms with Crippen LogP contribution >= 0.6 is 0 Å². The van der Waals surface area contributed by atoms with Gasteiger partial charge in [-0.05, 0) is 67.4 Å². The number of benzene rings is 1. The number of carbonyl (C=O) groups excluding carboxylic acids is 2. The van der Waals surface area contributed by atoms with Crippen LogP contribution < -0.4 is 0 Å². The van der Waals surface area contributed by atoms with E-state index in [1.807, 2.05) is 13.0 Å². The van der Waals surface area contributed by atoms with Crippen molar-refractivity contribution < 1.29 is 43.9 Å². The summed E-state index contributed by atoms with van der Waals surface area (Å²) < 4.78 is 19.2. The van der Waals surface area contributed by atoms with Crippen molar-refractivity contribution in [3.8, 4) is 5.75 Å². The van der Waals surface area contributed by atoms with Gasteiger partial charge in [0.15, 0.2) is 11.6 Å². The minimum Gasteiger partial charge on any atom is -0.505 e. The van der Waals surface area contributed by atoms with Gasteiger partial charge in [0.05, 0.1) is 31.2 Å². The summed E-state index contributed by atoms with van der Waals surface area (Å²) in [5, 5.41) is 40.0. The number of fused-ring (bicyclic) bond motifs is 1. The minimum atomic E-state index is -0.984. The lowest BCUT2D eigenvalue weighted by Gasteiger charge is -2.36. The van der Waals surface area contributed by atoms with Crippen molar-refractivity contribution in [2.45, 2.75) is 64.4 Å². The Bertz CT molecular complexity index is 1150. The standard InChI is InChI=1S/C30H40FNO8/c1-3-18(13-19-9-10-24(34)23(31)14-19)8-11-25(35)27-20(17-40-2)15-21-28(22(27)16-33)30(39)32(29(21)38)12-6-4-5-7-26(36)37/h9-10,13-14,21-22,25,28,33-35H,3-8,11-12,15-17H2,1-2H3,(H,36,37)/b18-13+/t21-,22+,25-,28-/m1/s1. The van der Waals surface area contributed by atoms with E-state index < -0.39 is 48.0 Å². The summed E-state index contributed by atoms with van der Waals surface area (Å²) in [7, 11) is 1.51. The summed E-state index contributed by atoms with van der Waals surface area (Å²) in [6.07, 6.45) is 4.08. The van der Waals surface area contributed by atoms with Gasteiger partial charge < -0.3 is 25.2 Å². The first kappa shape index (κ1) is 31.4. The minimum absolute atomic E-state index is 0.0338. The Kier molecular flexibility index (Phi) is 11.4. The van der Waals surface area contributed by atoms with Crippen LogP contribution in [-0.4, -0.2) is 76.1 Å². The van der Waals surface area contributed by atoms with E-state index in [0.717, 1.165) is 5.57 Å². The number of unbranched alkanes of at least 4 members (excludes halogenated alkanes) is 2. The zero-order valence-corrected chi connectivity index (χ0v) is 23.1. The molecule has 9 nitrogen and oxygen atoms in total. The number of ether oxygens (including phenoxy) is 1. The number of aliphatic hydroxyl groups excluding tert-OH is 2. The number of rotatable bonds is 15. The maximum atomic E-state index is 13.8. The first-order valence-electron chi connectivity index (χ1n) is 13.9. The number of likely N-dealkylation sites (tertiary alicyclic amines) is 1. The maximum absolute atomic E-state index is 13.8. The number of imide groups is 1. The third kappa shape index (κ3) is 7.35. The Morgan fingerprint density at radius 1 is 1.20 bits per heavy atom. The molecule has 0 bridgehead atoms. The number of aliphatic carboxylic acids is 1. The quantitative estimate of drug-likeness (QED) is 0.144. The van der Waals surface area contributed by atoms with E-state index in [9.17, 15) is 34.1 Å². The highest BCUT2D eigenvalue weighted by Crippen LogP contribution is 2.46. The number of hydrogen-bond donors (Lipinski definition) is 4. The molecule has 4 N–H and O–H groups in total. The fraction of sp³-hybridized carbons (Fsp3) is 0.567. The first-order valence-corrected chi connectivity index (χ1v) is 13.9. The molecule has 0 radical (unpaired) electrons. The molecule has 2 aliphatic rings. The number of allylic oxidation sites excluding steroid dienone is 1. The largest absolute Gasteiger partial charge is 0.505 e. The van der Waals surface area contributed by atoms with Crippen molar-refractivity contribution in [3.05, 3.63) is 46.3 Å². The van der Waals surface area contributed by atoms with Gasteiger partial charge in [-0.2, -0.15) is 0 Å². The average Bonchev–Trinajstić information content (AvgIpc) is 3.16. The van der Waals surface area contributed by atoms with E-state index in [1.54, 1.807) is 6.07 Å². The van der Waals surface area contributed by atoms with Gasteiger partial charge in [-0.25, -0.2) is 4.39 Å². The molecule has 3 rings (SSSR count). The smallest absolute Gasteiger partial charge is 0.303 e. The molecule has 1 aromatic carbocycles. The molecule has 1 aliphatic heterocycles. The van der Waals surface area contributed by atoms with Gasteiger partial charge in [0, 0.05) is 26.0 Å². The lowest BCUT2D eigenvalue weighted by atomic mass is 9.68. The van der Waals surface area contributed by atoms with Gasteiger partial charge in [-0.3, -0.25) is 19.3 Å². The number of halogens is 1. The van der Waals surface area contributed by atoms with Crippen LogP contribution in [0.2, 0.25) is 0 Å². The summed E-state index contributed by atoms with van der Waals surface area (Å²) in [5.41, 5.74) is 2.80. The lowest BCUT2D eigenvalue weighted by Crippen LogP contribution is -2.39. The van der Waals surface area contributed by atoms with Crippen LogP contribution in [0.4, 0.5) is 4.39 Å². The van der Waals surface area contributed by atoms with E-state index in [-0.39, 0.29) is 37.8 Å². The Labute approximate surface area is 233 Å². The van der Waals surface area contributed by atoms with E-state index >= 15 is 0 Å². The molecule has 40 heavy (non-hydrogen) atoms. The second-order valence-corrected chi connectivity index (χ2v) is 10.6. The summed E-state index contributed by atoms with van der Waals surface area (Å²) in [4.78, 5) is 38.6. The van der Waals surface area contributed by atoms with E-state index in [2.05, 4.69) is 0 Å². The highest BCUT2D eigenvalue weighted by Gasteiger charge is 2.54. The number of carbonyl (C=O) groups is 3. The second-order valence-electron chi connectivity index (χ2n) is 10.6. The number of carboxylic acid groups (broad SMARTS) is 1. The number of hydrogen-bond acceptors (Lipinski definition) is 7. The number of phenols is 1. The van der Waals surface area contributed by atoms with Gasteiger partial charge in [-0.1, -0.05) is 31.1 Å². The molecule has 0 unspecified atom stereocenters. The number of carboxylic acids is 1. The summed E-state index contributed by atoms with van der Waals surface area (Å²) >= 11 is 0. The molecule has 220 valence electrons. The number of aromatic hydroxyl groups is 1. The van der Waals surface area contributed by atoms with Crippen molar-refractivity contribution in [1.82, 2.24) is 4.90 Å². The van der Waals surface area contributed by atoms with Crippen molar-refractivity contribution >= 4 is 23.9 Å². The predicted molar refractivity (Wildman–Crippen MR) is 145 cm³/mol. The zero-order valence-electron chi connectivity index (χ0n) is 23.1. The van der Waals surface area contributed by atoms with Gasteiger partial charge in [0.1, 0.15) is 0 Å². The van der Waals surface area contributed by atoms with Crippen LogP contribution in [0.1, 0.15) is 63.9 Å². The highest BCUT2D eigenvalue weighted by atomic mass is 19.1. The van der Waals surface area contributed by atoms with Crippen molar-refractivity contribution in [2.75, 3.05) is 26.9 Å². The van der Waals surface area contributed by atoms with Gasteiger partial charge in [-0.15, -0.1) is 0 Å². The number of nitrogens with zero attached hydrogens (tertiary/aromatic N) is 1. The van der Waals surface area contributed by atoms with Crippen LogP contribution in [0, 0.1) is 23.6 Å². The molecular formula is C30H40FNO8. The molecule has 0 aromatic heterocycles. The maximum Gasteiger partial charge on any atom is 0.303 e. The first-order chi connectivity index (χ1) is 19.1. The molecule has 1 saturated heterocycles. The molecule has 1 fully saturated rings. The second kappa shape index (κ2) is 14.5. The van der Waals surface area contributed by atoms with Crippen molar-refractivity contribution in [3.63, 3.8) is 0 Å². The fourth-order valence-electron chi connectivity index (χ4n) is 5.95. The third-order valence-corrected chi connectivity index (χ3v) is 7.96. The Hall–Kier alpha value is -3.08. The monoisotopic (exact) mass is 561 g/mol. The molecule has 1 heterocycles. The molecule has 1 aliphatic carbocycles. The number of phenolic OH excluding ortho intramolecular Hbond substituents is 1. The molecule has 4 atom stereocenters. The van der Waals surface area contributed by atoms with Crippen LogP contribution in [0.25, 0.3) is 6.08 Å². The van der Waals surface area contributed by atoms with E-state index in [0.29, 0.717) is 55.2 Å². The Morgan fingerprint density at radius 2 is 1.95 bits per heavy atom. The molecule has 10 heteroatoms. The average molecular weight is 562 g/mol. The van der Waals surface area contributed by atoms with Gasteiger partial charge >= 0.3 is 5.97 Å². The Balaban J connectivity index is 1.76. The topological polar surface area (TPSA) is 145 Å². The summed E-state index contributed by atoms with van der Waals surface area (Å²) in [6.45, 7) is 1.90. The Morgan fingerprint density at radius 3 is 2.58 bits per heavy atom. The SMILES string of the molecule is CC/C(=C\c1ccc(O)c(F)c1)CC[C@@H](O)C1=C(COC)C[C@H]2C(=O)N(CCCCCC(=O)O)C(=O)[C@H]2[C@H]1CO. The third-order valence-electron chi connectivity index (χ3n) is 7.96. The number of aliphatic hydroxyl groups is 2. The van der Waals surface area contributed by atoms with Gasteiger partial charge in [0.2, 0.25) is 11.8 Å². The summed E-state index contributed by atoms with van der Waals surface area (Å²) in [6, 6.07) is 4.13. The van der Waals surface area contributed by atoms with Crippen LogP contribution in [0.5, 0.6) is 5.75 Å². The van der Waals surface area contributed by atoms with E-state index in [4.69, 9.17) is 9.84 Å². The highest BCUT2D eigenvalue weighted by molar-refractivity contribution is 6.05. The van der Waals surface area contributed by atoms with Crippen molar-refractivity contribution in [1.29, 1.82) is 0 Å². The summed E-state index contributed by atoms with van der Waals surface area (Å²) in [5.74, 6) is -4.83. The van der Waals surface area contributed by atoms with Crippen LogP contribution in [0.3, 0.4) is 0 Å². The van der Waals surface area contributed by atoms with E-state index in [1.165, 1.54) is 24.1 Å². The zero-order chi connectivity index (χ0) is 29.4. The van der Waals surface area contributed by atoms with Crippen LogP contribution in [0.15, 0.2) is 34.9 Å². The molecule has 1 aromatic rings. The molecule has 0 saturated carbocycles. The van der Waals surface area contributed by atoms with Crippen LogP contribution in [-0.2, 0) is 19.1 Å². The molecule has 0 spiro atoms. The number of amides is 2. The molecule has 2 amide bonds. The predicted octanol–water partition coefficient (Wildman–Crippen LogP) is 3.67. The lowest BCUT2D eigenvalue weighted by molar-refractivity contribution is -0.141. The van der Waals surface area contributed by atoms with Gasteiger partial charge in [0.25, 0.3) is 0 Å².